The van der Waals surface area contributed by atoms with Crippen LogP contribution in [0.3, 0.4) is 0 Å². The van der Waals surface area contributed by atoms with Crippen LogP contribution in [0.25, 0.3) is 0 Å². The quantitative estimate of drug-likeness (QED) is 0.807. The van der Waals surface area contributed by atoms with Crippen LogP contribution in [-0.4, -0.2) is 30.4 Å². The molecule has 3 heteroatoms. The van der Waals surface area contributed by atoms with E-state index in [1.807, 2.05) is 12.1 Å². The molecule has 3 rings (SSSR count). The molecule has 17 heavy (non-hydrogen) atoms. The molecule has 3 nitrogen and oxygen atoms in total. The van der Waals surface area contributed by atoms with Crippen LogP contribution in [0.2, 0.25) is 0 Å². The Kier molecular flexibility index (Phi) is 2.93. The van der Waals surface area contributed by atoms with Gasteiger partial charge in [0.1, 0.15) is 12.4 Å². The highest BCUT2D eigenvalue weighted by atomic mass is 16.5. The second kappa shape index (κ2) is 4.57. The number of benzene rings is 1. The van der Waals surface area contributed by atoms with Gasteiger partial charge in [-0.3, -0.25) is 0 Å². The van der Waals surface area contributed by atoms with Gasteiger partial charge < -0.3 is 14.7 Å². The van der Waals surface area contributed by atoms with Gasteiger partial charge in [-0.25, -0.2) is 0 Å². The largest absolute Gasteiger partial charge is 0.490 e. The summed E-state index contributed by atoms with van der Waals surface area (Å²) in [5.41, 5.74) is 1.22. The van der Waals surface area contributed by atoms with Crippen molar-refractivity contribution < 1.29 is 9.84 Å². The Balaban J connectivity index is 1.80. The lowest BCUT2D eigenvalue weighted by Gasteiger charge is -2.40. The lowest BCUT2D eigenvalue weighted by atomic mass is 9.91. The highest BCUT2D eigenvalue weighted by Gasteiger charge is 2.28. The monoisotopic (exact) mass is 233 g/mol. The van der Waals surface area contributed by atoms with Crippen LogP contribution in [-0.2, 0) is 0 Å². The van der Waals surface area contributed by atoms with Crippen LogP contribution in [0.5, 0.6) is 5.75 Å². The number of rotatable bonds is 1. The fraction of sp³-hybridized carbons (Fsp3) is 0.571. The van der Waals surface area contributed by atoms with E-state index in [1.54, 1.807) is 0 Å². The molecule has 92 valence electrons. The van der Waals surface area contributed by atoms with Gasteiger partial charge in [0.15, 0.2) is 0 Å². The van der Waals surface area contributed by atoms with E-state index in [9.17, 15) is 5.11 Å². The zero-order chi connectivity index (χ0) is 11.7. The molecule has 0 amide bonds. The van der Waals surface area contributed by atoms with E-state index >= 15 is 0 Å². The van der Waals surface area contributed by atoms with E-state index in [2.05, 4.69) is 17.0 Å². The molecular formula is C14H19NO2. The SMILES string of the molecule is OC1CCC(N2CCOc3ccccc32)CC1. The first kappa shape index (κ1) is 10.9. The van der Waals surface area contributed by atoms with Crippen molar-refractivity contribution in [1.29, 1.82) is 0 Å². The van der Waals surface area contributed by atoms with E-state index in [4.69, 9.17) is 4.74 Å². The molecule has 1 fully saturated rings. The highest BCUT2D eigenvalue weighted by Crippen LogP contribution is 2.35. The molecule has 0 radical (unpaired) electrons. The number of aliphatic hydroxyl groups excluding tert-OH is 1. The van der Waals surface area contributed by atoms with Crippen molar-refractivity contribution in [3.8, 4) is 5.75 Å². The molecule has 1 aliphatic carbocycles. The van der Waals surface area contributed by atoms with E-state index < -0.39 is 0 Å². The maximum Gasteiger partial charge on any atom is 0.142 e. The summed E-state index contributed by atoms with van der Waals surface area (Å²) in [6.45, 7) is 1.74. The summed E-state index contributed by atoms with van der Waals surface area (Å²) < 4.78 is 5.67. The van der Waals surface area contributed by atoms with E-state index in [0.717, 1.165) is 44.6 Å². The van der Waals surface area contributed by atoms with Crippen LogP contribution in [0.15, 0.2) is 24.3 Å². The second-order valence-corrected chi connectivity index (χ2v) is 4.97. The van der Waals surface area contributed by atoms with Crippen molar-refractivity contribution in [1.82, 2.24) is 0 Å². The number of anilines is 1. The predicted molar refractivity (Wildman–Crippen MR) is 67.5 cm³/mol. The van der Waals surface area contributed by atoms with Crippen molar-refractivity contribution in [3.05, 3.63) is 24.3 Å². The number of hydrogen-bond donors (Lipinski definition) is 1. The first-order valence-electron chi connectivity index (χ1n) is 6.51. The highest BCUT2D eigenvalue weighted by molar-refractivity contribution is 5.60. The van der Waals surface area contributed by atoms with Crippen LogP contribution in [0.1, 0.15) is 25.7 Å². The van der Waals surface area contributed by atoms with Gasteiger partial charge in [0.05, 0.1) is 18.3 Å². The van der Waals surface area contributed by atoms with Gasteiger partial charge in [0.25, 0.3) is 0 Å². The van der Waals surface area contributed by atoms with Crippen LogP contribution >= 0.6 is 0 Å². The fourth-order valence-electron chi connectivity index (χ4n) is 2.94. The summed E-state index contributed by atoms with van der Waals surface area (Å²) in [5.74, 6) is 1.00. The molecule has 1 aromatic rings. The van der Waals surface area contributed by atoms with Crippen LogP contribution in [0, 0.1) is 0 Å². The van der Waals surface area contributed by atoms with E-state index in [-0.39, 0.29) is 6.10 Å². The van der Waals surface area contributed by atoms with E-state index in [0.29, 0.717) is 6.04 Å². The summed E-state index contributed by atoms with van der Waals surface area (Å²) >= 11 is 0. The molecule has 0 spiro atoms. The Hall–Kier alpha value is -1.22. The molecule has 0 aromatic heterocycles. The third-order valence-electron chi connectivity index (χ3n) is 3.87. The van der Waals surface area contributed by atoms with Crippen molar-refractivity contribution in [2.75, 3.05) is 18.1 Å². The minimum Gasteiger partial charge on any atom is -0.490 e. The Labute approximate surface area is 102 Å². The van der Waals surface area contributed by atoms with Gasteiger partial charge in [-0.2, -0.15) is 0 Å². The molecular weight excluding hydrogens is 214 g/mol. The van der Waals surface area contributed by atoms with Gasteiger partial charge in [0, 0.05) is 6.04 Å². The Morgan fingerprint density at radius 3 is 2.71 bits per heavy atom. The minimum atomic E-state index is -0.0810. The maximum atomic E-state index is 9.58. The lowest BCUT2D eigenvalue weighted by molar-refractivity contribution is 0.120. The number of ether oxygens (including phenoxy) is 1. The Bertz CT molecular complexity index is 386. The lowest BCUT2D eigenvalue weighted by Crippen LogP contribution is -2.43. The number of aliphatic hydroxyl groups is 1. The minimum absolute atomic E-state index is 0.0810. The van der Waals surface area contributed by atoms with Crippen molar-refractivity contribution >= 4 is 5.69 Å². The van der Waals surface area contributed by atoms with Crippen LogP contribution in [0.4, 0.5) is 5.69 Å². The molecule has 0 bridgehead atoms. The van der Waals surface area contributed by atoms with Crippen molar-refractivity contribution in [3.63, 3.8) is 0 Å². The van der Waals surface area contributed by atoms with Gasteiger partial charge in [-0.15, -0.1) is 0 Å². The summed E-state index contributed by atoms with van der Waals surface area (Å²) in [6.07, 6.45) is 3.97. The Morgan fingerprint density at radius 2 is 1.88 bits per heavy atom. The predicted octanol–water partition coefficient (Wildman–Crippen LogP) is 2.19. The summed E-state index contributed by atoms with van der Waals surface area (Å²) in [6, 6.07) is 8.84. The topological polar surface area (TPSA) is 32.7 Å². The Morgan fingerprint density at radius 1 is 1.12 bits per heavy atom. The number of nitrogens with zero attached hydrogens (tertiary/aromatic N) is 1. The summed E-state index contributed by atoms with van der Waals surface area (Å²) in [4.78, 5) is 2.46. The first-order chi connectivity index (χ1) is 8.34. The molecule has 0 saturated heterocycles. The third-order valence-corrected chi connectivity index (χ3v) is 3.87. The van der Waals surface area contributed by atoms with Crippen LogP contribution < -0.4 is 9.64 Å². The molecule has 1 N–H and O–H groups in total. The average molecular weight is 233 g/mol. The summed E-state index contributed by atoms with van der Waals surface area (Å²) in [5, 5.41) is 9.58. The standard InChI is InChI=1S/C14H19NO2/c16-12-7-5-11(6-8-12)15-9-10-17-14-4-2-1-3-13(14)15/h1-4,11-12,16H,5-10H2. The molecule has 2 aliphatic rings. The molecule has 0 atom stereocenters. The normalized spacial score (nSPS) is 28.4. The molecule has 1 saturated carbocycles. The number of fused-ring (bicyclic) bond motifs is 1. The zero-order valence-corrected chi connectivity index (χ0v) is 10.0. The average Bonchev–Trinajstić information content (AvgIpc) is 2.39. The molecule has 0 unspecified atom stereocenters. The first-order valence-corrected chi connectivity index (χ1v) is 6.51. The van der Waals surface area contributed by atoms with Gasteiger partial charge >= 0.3 is 0 Å². The van der Waals surface area contributed by atoms with E-state index in [1.165, 1.54) is 5.69 Å². The number of para-hydroxylation sites is 2. The van der Waals surface area contributed by atoms with Crippen molar-refractivity contribution in [2.24, 2.45) is 0 Å². The third kappa shape index (κ3) is 2.12. The van der Waals surface area contributed by atoms with Gasteiger partial charge in [-0.05, 0) is 37.8 Å². The molecule has 1 aromatic carbocycles. The smallest absolute Gasteiger partial charge is 0.142 e. The molecule has 1 aliphatic heterocycles. The number of hydrogen-bond acceptors (Lipinski definition) is 3. The second-order valence-electron chi connectivity index (χ2n) is 4.97. The fourth-order valence-corrected chi connectivity index (χ4v) is 2.94. The van der Waals surface area contributed by atoms with Gasteiger partial charge in [0.2, 0.25) is 0 Å². The zero-order valence-electron chi connectivity index (χ0n) is 10.0. The molecule has 1 heterocycles. The maximum absolute atomic E-state index is 9.58. The van der Waals surface area contributed by atoms with Gasteiger partial charge in [-0.1, -0.05) is 12.1 Å². The summed E-state index contributed by atoms with van der Waals surface area (Å²) in [7, 11) is 0. The van der Waals surface area contributed by atoms with Crippen molar-refractivity contribution in [2.45, 2.75) is 37.8 Å².